The first kappa shape index (κ1) is 13.1. The molecule has 0 amide bonds. The molecule has 20 heavy (non-hydrogen) atoms. The summed E-state index contributed by atoms with van der Waals surface area (Å²) in [6.45, 7) is 0. The van der Waals surface area contributed by atoms with Gasteiger partial charge >= 0.3 is 6.18 Å². The molecule has 3 rings (SSSR count). The van der Waals surface area contributed by atoms with E-state index in [0.717, 1.165) is 12.1 Å². The molecule has 0 N–H and O–H groups in total. The first-order valence-corrected chi connectivity index (χ1v) is 6.41. The van der Waals surface area contributed by atoms with Crippen LogP contribution in [0.1, 0.15) is 5.56 Å². The molecule has 0 aliphatic carbocycles. The molecule has 7 heteroatoms. The lowest BCUT2D eigenvalue weighted by atomic mass is 10.1. The highest BCUT2D eigenvalue weighted by atomic mass is 79.9. The van der Waals surface area contributed by atoms with E-state index >= 15 is 0 Å². The molecule has 0 aliphatic heterocycles. The van der Waals surface area contributed by atoms with Crippen LogP contribution in [-0.2, 0) is 6.18 Å². The molecule has 2 heterocycles. The smallest absolute Gasteiger partial charge is 0.303 e. The molecule has 0 fully saturated rings. The highest BCUT2D eigenvalue weighted by Gasteiger charge is 2.30. The van der Waals surface area contributed by atoms with Crippen molar-refractivity contribution in [3.63, 3.8) is 0 Å². The Morgan fingerprint density at radius 3 is 2.45 bits per heavy atom. The van der Waals surface area contributed by atoms with Crippen molar-refractivity contribution in [2.24, 2.45) is 0 Å². The molecule has 1 aromatic carbocycles. The van der Waals surface area contributed by atoms with E-state index in [1.54, 1.807) is 23.0 Å². The lowest BCUT2D eigenvalue weighted by molar-refractivity contribution is -0.137. The molecule has 0 radical (unpaired) electrons. The van der Waals surface area contributed by atoms with Crippen LogP contribution in [0.4, 0.5) is 13.2 Å². The van der Waals surface area contributed by atoms with Gasteiger partial charge in [-0.25, -0.2) is 9.97 Å². The highest BCUT2D eigenvalue weighted by molar-refractivity contribution is 9.10. The molecule has 0 bridgehead atoms. The van der Waals surface area contributed by atoms with E-state index in [2.05, 4.69) is 25.9 Å². The van der Waals surface area contributed by atoms with Crippen molar-refractivity contribution in [2.45, 2.75) is 6.18 Å². The van der Waals surface area contributed by atoms with Crippen molar-refractivity contribution >= 4 is 21.6 Å². The van der Waals surface area contributed by atoms with E-state index in [1.807, 2.05) is 0 Å². The number of halogens is 4. The van der Waals surface area contributed by atoms with Crippen molar-refractivity contribution < 1.29 is 13.2 Å². The minimum absolute atomic E-state index is 0.542. The maximum Gasteiger partial charge on any atom is 0.416 e. The number of hydrogen-bond donors (Lipinski definition) is 0. The second-order valence-electron chi connectivity index (χ2n) is 4.15. The van der Waals surface area contributed by atoms with Crippen molar-refractivity contribution in [1.29, 1.82) is 0 Å². The topological polar surface area (TPSA) is 30.2 Å². The average molecular weight is 342 g/mol. The molecule has 0 atom stereocenters. The fourth-order valence-corrected chi connectivity index (χ4v) is 2.36. The van der Waals surface area contributed by atoms with E-state index in [9.17, 15) is 13.2 Å². The SMILES string of the molecule is FC(F)(F)c1ccc(-c2cn3ccnc3c(Br)n2)cc1. The van der Waals surface area contributed by atoms with Crippen molar-refractivity contribution in [2.75, 3.05) is 0 Å². The Kier molecular flexibility index (Phi) is 3.01. The fourth-order valence-electron chi connectivity index (χ4n) is 1.86. The van der Waals surface area contributed by atoms with Gasteiger partial charge in [0.05, 0.1) is 11.3 Å². The molecule has 102 valence electrons. The van der Waals surface area contributed by atoms with E-state index in [0.29, 0.717) is 21.5 Å². The Bertz CT molecular complexity index is 763. The number of fused-ring (bicyclic) bond motifs is 1. The third-order valence-electron chi connectivity index (χ3n) is 2.84. The molecule has 3 nitrogen and oxygen atoms in total. The van der Waals surface area contributed by atoms with Gasteiger partial charge in [0, 0.05) is 24.2 Å². The Morgan fingerprint density at radius 2 is 1.80 bits per heavy atom. The van der Waals surface area contributed by atoms with Gasteiger partial charge in [-0.05, 0) is 28.1 Å². The van der Waals surface area contributed by atoms with Gasteiger partial charge in [0.2, 0.25) is 0 Å². The largest absolute Gasteiger partial charge is 0.416 e. The first-order valence-electron chi connectivity index (χ1n) is 5.62. The normalized spacial score (nSPS) is 12.0. The molecule has 0 aliphatic rings. The van der Waals surface area contributed by atoms with Crippen LogP contribution in [0.2, 0.25) is 0 Å². The van der Waals surface area contributed by atoms with Crippen LogP contribution in [-0.4, -0.2) is 14.4 Å². The molecular formula is C13H7BrF3N3. The van der Waals surface area contributed by atoms with Gasteiger partial charge in [0.25, 0.3) is 0 Å². The number of alkyl halides is 3. The van der Waals surface area contributed by atoms with E-state index in [4.69, 9.17) is 0 Å². The lowest BCUT2D eigenvalue weighted by Gasteiger charge is -2.08. The molecule has 3 aromatic rings. The summed E-state index contributed by atoms with van der Waals surface area (Å²) in [5.41, 5.74) is 1.15. The number of hydrogen-bond acceptors (Lipinski definition) is 2. The Balaban J connectivity index is 2.06. The molecular weight excluding hydrogens is 335 g/mol. The standard InChI is InChI=1S/C13H7BrF3N3/c14-11-12-18-5-6-20(12)7-10(19-11)8-1-3-9(4-2-8)13(15,16)17/h1-7H. The number of rotatable bonds is 1. The zero-order valence-electron chi connectivity index (χ0n) is 9.89. The number of nitrogens with zero attached hydrogens (tertiary/aromatic N) is 3. The summed E-state index contributed by atoms with van der Waals surface area (Å²) in [6, 6.07) is 4.90. The van der Waals surface area contributed by atoms with Crippen LogP contribution in [0.3, 0.4) is 0 Å². The van der Waals surface area contributed by atoms with Gasteiger partial charge in [-0.15, -0.1) is 0 Å². The molecule has 0 saturated heterocycles. The van der Waals surface area contributed by atoms with Gasteiger partial charge in [-0.1, -0.05) is 12.1 Å². The Hall–Kier alpha value is -1.89. The van der Waals surface area contributed by atoms with Crippen LogP contribution in [0.25, 0.3) is 16.9 Å². The van der Waals surface area contributed by atoms with Gasteiger partial charge in [0.1, 0.15) is 4.60 Å². The van der Waals surface area contributed by atoms with Crippen molar-refractivity contribution in [3.05, 3.63) is 53.0 Å². The maximum absolute atomic E-state index is 12.5. The van der Waals surface area contributed by atoms with E-state index < -0.39 is 11.7 Å². The van der Waals surface area contributed by atoms with Crippen LogP contribution < -0.4 is 0 Å². The number of benzene rings is 1. The summed E-state index contributed by atoms with van der Waals surface area (Å²) >= 11 is 3.30. The summed E-state index contributed by atoms with van der Waals surface area (Å²) < 4.78 is 39.8. The van der Waals surface area contributed by atoms with Crippen LogP contribution in [0.5, 0.6) is 0 Å². The zero-order valence-corrected chi connectivity index (χ0v) is 11.5. The third kappa shape index (κ3) is 2.29. The second-order valence-corrected chi connectivity index (χ2v) is 4.90. The van der Waals surface area contributed by atoms with E-state index in [-0.39, 0.29) is 0 Å². The fraction of sp³-hybridized carbons (Fsp3) is 0.0769. The maximum atomic E-state index is 12.5. The van der Waals surface area contributed by atoms with Crippen LogP contribution in [0.15, 0.2) is 47.5 Å². The van der Waals surface area contributed by atoms with Gasteiger partial charge in [-0.3, -0.25) is 0 Å². The molecule has 0 spiro atoms. The minimum atomic E-state index is -4.33. The zero-order chi connectivity index (χ0) is 14.3. The van der Waals surface area contributed by atoms with E-state index in [1.165, 1.54) is 12.1 Å². The van der Waals surface area contributed by atoms with Crippen LogP contribution >= 0.6 is 15.9 Å². The number of aromatic nitrogens is 3. The quantitative estimate of drug-likeness (QED) is 0.664. The highest BCUT2D eigenvalue weighted by Crippen LogP contribution is 2.31. The first-order chi connectivity index (χ1) is 9.45. The van der Waals surface area contributed by atoms with Gasteiger partial charge in [-0.2, -0.15) is 13.2 Å². The lowest BCUT2D eigenvalue weighted by Crippen LogP contribution is -2.04. The predicted octanol–water partition coefficient (Wildman–Crippen LogP) is 4.18. The molecule has 0 unspecified atom stereocenters. The predicted molar refractivity (Wildman–Crippen MR) is 71.1 cm³/mol. The molecule has 0 saturated carbocycles. The number of imidazole rings is 1. The van der Waals surface area contributed by atoms with Gasteiger partial charge in [0.15, 0.2) is 5.65 Å². The average Bonchev–Trinajstić information content (AvgIpc) is 2.86. The summed E-state index contributed by atoms with van der Waals surface area (Å²) in [5.74, 6) is 0. The summed E-state index contributed by atoms with van der Waals surface area (Å²) in [6.07, 6.45) is 0.754. The Morgan fingerprint density at radius 1 is 1.10 bits per heavy atom. The minimum Gasteiger partial charge on any atom is -0.303 e. The Labute approximate surface area is 120 Å². The van der Waals surface area contributed by atoms with Crippen molar-refractivity contribution in [1.82, 2.24) is 14.4 Å². The van der Waals surface area contributed by atoms with Gasteiger partial charge < -0.3 is 4.40 Å². The molecule has 2 aromatic heterocycles. The van der Waals surface area contributed by atoms with Crippen LogP contribution in [0, 0.1) is 0 Å². The summed E-state index contributed by atoms with van der Waals surface area (Å²) in [7, 11) is 0. The second kappa shape index (κ2) is 4.59. The monoisotopic (exact) mass is 341 g/mol. The summed E-state index contributed by atoms with van der Waals surface area (Å²) in [5, 5.41) is 0. The third-order valence-corrected chi connectivity index (χ3v) is 3.37. The van der Waals surface area contributed by atoms with Crippen molar-refractivity contribution in [3.8, 4) is 11.3 Å². The summed E-state index contributed by atoms with van der Waals surface area (Å²) in [4.78, 5) is 8.39.